The van der Waals surface area contributed by atoms with Crippen LogP contribution in [0.15, 0.2) is 185 Å². The van der Waals surface area contributed by atoms with Crippen LogP contribution in [0.1, 0.15) is 0 Å². The Hall–Kier alpha value is -6.58. The number of para-hydroxylation sites is 2. The van der Waals surface area contributed by atoms with E-state index in [9.17, 15) is 0 Å². The van der Waals surface area contributed by atoms with Gasteiger partial charge in [-0.15, -0.1) is 0 Å². The largest absolute Gasteiger partial charge is 0.456 e. The van der Waals surface area contributed by atoms with Gasteiger partial charge in [-0.1, -0.05) is 109 Å². The molecule has 0 aliphatic heterocycles. The molecule has 0 aliphatic rings. The van der Waals surface area contributed by atoms with Crippen LogP contribution < -0.4 is 4.90 Å². The van der Waals surface area contributed by atoms with Gasteiger partial charge in [0, 0.05) is 38.6 Å². The molecule has 0 aliphatic carbocycles. The maximum absolute atomic E-state index is 6.21. The summed E-state index contributed by atoms with van der Waals surface area (Å²) in [5.74, 6) is 0. The minimum atomic E-state index is 0.880. The molecule has 0 saturated carbocycles. The van der Waals surface area contributed by atoms with E-state index in [-0.39, 0.29) is 0 Å². The average Bonchev–Trinajstić information content (AvgIpc) is 3.73. The molecule has 0 unspecified atom stereocenters. The molecule has 49 heavy (non-hydrogen) atoms. The lowest BCUT2D eigenvalue weighted by atomic mass is 9.97. The third-order valence-corrected chi connectivity index (χ3v) is 9.66. The Morgan fingerprint density at radius 1 is 0.306 bits per heavy atom. The third-order valence-electron chi connectivity index (χ3n) is 9.66. The van der Waals surface area contributed by atoms with Crippen molar-refractivity contribution in [3.63, 3.8) is 0 Å². The molecule has 10 aromatic rings. The van der Waals surface area contributed by atoms with Crippen molar-refractivity contribution in [3.8, 4) is 22.3 Å². The molecule has 230 valence electrons. The van der Waals surface area contributed by atoms with E-state index in [0.29, 0.717) is 0 Å². The van der Waals surface area contributed by atoms with Gasteiger partial charge in [-0.25, -0.2) is 0 Å². The van der Waals surface area contributed by atoms with Crippen LogP contribution in [0.2, 0.25) is 0 Å². The van der Waals surface area contributed by atoms with E-state index in [1.807, 2.05) is 24.3 Å². The molecule has 0 spiro atoms. The zero-order valence-corrected chi connectivity index (χ0v) is 26.5. The molecule has 3 nitrogen and oxygen atoms in total. The number of furan rings is 2. The monoisotopic (exact) mass is 627 g/mol. The van der Waals surface area contributed by atoms with Gasteiger partial charge in [-0.2, -0.15) is 0 Å². The Kier molecular flexibility index (Phi) is 6.18. The summed E-state index contributed by atoms with van der Waals surface area (Å²) in [5, 5.41) is 6.96. The molecule has 0 atom stereocenters. The Labute approximate surface area is 282 Å². The smallest absolute Gasteiger partial charge is 0.136 e. The van der Waals surface area contributed by atoms with Crippen molar-refractivity contribution in [2.24, 2.45) is 0 Å². The Morgan fingerprint density at radius 2 is 0.898 bits per heavy atom. The van der Waals surface area contributed by atoms with E-state index in [4.69, 9.17) is 8.83 Å². The topological polar surface area (TPSA) is 29.5 Å². The molecular formula is C46H29NO2. The van der Waals surface area contributed by atoms with Gasteiger partial charge in [-0.05, 0) is 99.8 Å². The molecular weight excluding hydrogens is 599 g/mol. The lowest BCUT2D eigenvalue weighted by Crippen LogP contribution is -2.10. The Balaban J connectivity index is 1.11. The van der Waals surface area contributed by atoms with Crippen LogP contribution in [0.4, 0.5) is 17.1 Å². The molecule has 0 saturated heterocycles. The van der Waals surface area contributed by atoms with E-state index in [1.165, 1.54) is 21.9 Å². The Morgan fingerprint density at radius 3 is 1.73 bits per heavy atom. The van der Waals surface area contributed by atoms with Gasteiger partial charge in [0.1, 0.15) is 22.3 Å². The van der Waals surface area contributed by atoms with E-state index in [2.05, 4.69) is 157 Å². The molecule has 0 fully saturated rings. The lowest BCUT2D eigenvalue weighted by molar-refractivity contribution is 0.668. The highest BCUT2D eigenvalue weighted by molar-refractivity contribution is 6.07. The second-order valence-corrected chi connectivity index (χ2v) is 12.5. The number of nitrogens with zero attached hydrogens (tertiary/aromatic N) is 1. The fraction of sp³-hybridized carbons (Fsp3) is 0. The van der Waals surface area contributed by atoms with Crippen molar-refractivity contribution in [2.45, 2.75) is 0 Å². The summed E-state index contributed by atoms with van der Waals surface area (Å²) >= 11 is 0. The minimum Gasteiger partial charge on any atom is -0.456 e. The first-order valence-electron chi connectivity index (χ1n) is 16.6. The third kappa shape index (κ3) is 4.59. The summed E-state index contributed by atoms with van der Waals surface area (Å²) in [6, 6.07) is 62.2. The first-order valence-corrected chi connectivity index (χ1v) is 16.6. The number of anilines is 3. The highest BCUT2D eigenvalue weighted by Crippen LogP contribution is 2.41. The van der Waals surface area contributed by atoms with Crippen LogP contribution >= 0.6 is 0 Å². The van der Waals surface area contributed by atoms with Crippen molar-refractivity contribution in [1.29, 1.82) is 0 Å². The van der Waals surface area contributed by atoms with Gasteiger partial charge in [0.2, 0.25) is 0 Å². The lowest BCUT2D eigenvalue weighted by Gasteiger charge is -2.26. The summed E-state index contributed by atoms with van der Waals surface area (Å²) in [7, 11) is 0. The molecule has 3 heteroatoms. The fourth-order valence-electron chi connectivity index (χ4n) is 7.30. The summed E-state index contributed by atoms with van der Waals surface area (Å²) in [4.78, 5) is 2.34. The predicted octanol–water partition coefficient (Wildman–Crippen LogP) is 13.4. The van der Waals surface area contributed by atoms with Crippen LogP contribution in [-0.4, -0.2) is 0 Å². The predicted molar refractivity (Wildman–Crippen MR) is 204 cm³/mol. The van der Waals surface area contributed by atoms with E-state index in [0.717, 1.165) is 72.1 Å². The molecule has 2 heterocycles. The number of hydrogen-bond acceptors (Lipinski definition) is 3. The van der Waals surface area contributed by atoms with Crippen LogP contribution in [0, 0.1) is 0 Å². The van der Waals surface area contributed by atoms with Gasteiger partial charge in [-0.3, -0.25) is 0 Å². The normalized spacial score (nSPS) is 11.7. The molecule has 0 N–H and O–H groups in total. The van der Waals surface area contributed by atoms with Gasteiger partial charge in [0.15, 0.2) is 0 Å². The number of hydrogen-bond donors (Lipinski definition) is 0. The molecule has 0 bridgehead atoms. The zero-order chi connectivity index (χ0) is 32.3. The standard InChI is InChI=1S/C46H29NO2/c1-2-13-37-31(9-1)10-8-16-38(37)33-11-7-12-35(27-33)47(36-24-26-45-42(29-36)40-15-4-6-18-44(40)48-45)34-22-19-30(20-23-34)32-21-25-41-39-14-3-5-17-43(39)49-46(41)28-32/h1-29H. The van der Waals surface area contributed by atoms with Gasteiger partial charge in [0.05, 0.1) is 0 Å². The summed E-state index contributed by atoms with van der Waals surface area (Å²) in [6.45, 7) is 0. The van der Waals surface area contributed by atoms with Crippen LogP contribution in [0.25, 0.3) is 76.9 Å². The van der Waals surface area contributed by atoms with E-state index >= 15 is 0 Å². The van der Waals surface area contributed by atoms with E-state index < -0.39 is 0 Å². The van der Waals surface area contributed by atoms with Gasteiger partial charge >= 0.3 is 0 Å². The van der Waals surface area contributed by atoms with Crippen molar-refractivity contribution >= 4 is 71.7 Å². The van der Waals surface area contributed by atoms with Crippen LogP contribution in [-0.2, 0) is 0 Å². The fourth-order valence-corrected chi connectivity index (χ4v) is 7.30. The van der Waals surface area contributed by atoms with Crippen molar-refractivity contribution in [3.05, 3.63) is 176 Å². The zero-order valence-electron chi connectivity index (χ0n) is 26.5. The highest BCUT2D eigenvalue weighted by Gasteiger charge is 2.17. The molecule has 8 aromatic carbocycles. The van der Waals surface area contributed by atoms with Crippen LogP contribution in [0.3, 0.4) is 0 Å². The number of fused-ring (bicyclic) bond motifs is 7. The summed E-state index contributed by atoms with van der Waals surface area (Å²) < 4.78 is 12.4. The molecule has 2 aromatic heterocycles. The highest BCUT2D eigenvalue weighted by atomic mass is 16.3. The first kappa shape index (κ1) is 27.5. The van der Waals surface area contributed by atoms with Gasteiger partial charge in [0.25, 0.3) is 0 Å². The number of benzene rings is 8. The molecule has 0 radical (unpaired) electrons. The SMILES string of the molecule is c1cc(-c2cccc3ccccc23)cc(N(c2ccc(-c3ccc4c(c3)oc3ccccc34)cc2)c2ccc3oc4ccccc4c3c2)c1. The summed E-state index contributed by atoms with van der Waals surface area (Å²) in [5.41, 5.74) is 11.4. The maximum Gasteiger partial charge on any atom is 0.136 e. The number of rotatable bonds is 5. The van der Waals surface area contributed by atoms with Crippen molar-refractivity contribution in [1.82, 2.24) is 0 Å². The van der Waals surface area contributed by atoms with Crippen molar-refractivity contribution < 1.29 is 8.83 Å². The van der Waals surface area contributed by atoms with Gasteiger partial charge < -0.3 is 13.7 Å². The second kappa shape index (κ2) is 11.0. The molecule has 10 rings (SSSR count). The molecule has 0 amide bonds. The Bertz CT molecular complexity index is 2830. The quantitative estimate of drug-likeness (QED) is 0.190. The minimum absolute atomic E-state index is 0.880. The van der Waals surface area contributed by atoms with E-state index in [1.54, 1.807) is 0 Å². The summed E-state index contributed by atoms with van der Waals surface area (Å²) in [6.07, 6.45) is 0. The maximum atomic E-state index is 6.21. The second-order valence-electron chi connectivity index (χ2n) is 12.5. The van der Waals surface area contributed by atoms with Crippen molar-refractivity contribution in [2.75, 3.05) is 4.90 Å². The average molecular weight is 628 g/mol. The first-order chi connectivity index (χ1) is 24.3. The van der Waals surface area contributed by atoms with Crippen LogP contribution in [0.5, 0.6) is 0 Å².